The molecule has 0 bridgehead atoms. The quantitative estimate of drug-likeness (QED) is 0.297. The maximum Gasteiger partial charge on any atom is 0.119 e. The average molecular weight is 306 g/mol. The van der Waals surface area contributed by atoms with E-state index in [1.165, 1.54) is 77.0 Å². The Balaban J connectivity index is 1.69. The van der Waals surface area contributed by atoms with Crippen LogP contribution >= 0.6 is 0 Å². The molecule has 1 heterocycles. The third-order valence-electron chi connectivity index (χ3n) is 4.30. The van der Waals surface area contributed by atoms with Gasteiger partial charge in [0, 0.05) is 25.4 Å². The maximum absolute atomic E-state index is 10.2. The second-order valence-electron chi connectivity index (χ2n) is 6.35. The first-order chi connectivity index (χ1) is 10.9. The number of aryl methyl sites for hydroxylation is 1. The number of unbranched alkanes of at least 4 members (excludes halogenated alkanes) is 13. The number of rotatable bonds is 16. The molecular weight excluding hydrogens is 272 g/mol. The number of hydrogen-bond acceptors (Lipinski definition) is 2. The van der Waals surface area contributed by atoms with E-state index < -0.39 is 0 Å². The van der Waals surface area contributed by atoms with Crippen LogP contribution in [-0.4, -0.2) is 15.8 Å². The van der Waals surface area contributed by atoms with Crippen molar-refractivity contribution in [2.45, 2.75) is 96.4 Å². The second kappa shape index (κ2) is 14.8. The fourth-order valence-electron chi connectivity index (χ4n) is 2.89. The van der Waals surface area contributed by atoms with Crippen LogP contribution in [0.4, 0.5) is 0 Å². The van der Waals surface area contributed by atoms with Crippen LogP contribution in [0.15, 0.2) is 18.7 Å². The Morgan fingerprint density at radius 2 is 1.23 bits per heavy atom. The highest BCUT2D eigenvalue weighted by Gasteiger charge is 1.95. The summed E-state index contributed by atoms with van der Waals surface area (Å²) in [4.78, 5) is 14.2. The van der Waals surface area contributed by atoms with Crippen molar-refractivity contribution in [3.05, 3.63) is 18.7 Å². The standard InChI is InChI=1S/C19H34N2O/c22-18-14-12-10-8-6-4-2-1-3-5-7-9-11-13-16-21-17-15-20-19-21/h15,17-19H,1-14,16H2. The van der Waals surface area contributed by atoms with Crippen molar-refractivity contribution in [3.8, 4) is 0 Å². The van der Waals surface area contributed by atoms with E-state index >= 15 is 0 Å². The molecule has 22 heavy (non-hydrogen) atoms. The fourth-order valence-corrected chi connectivity index (χ4v) is 2.89. The Labute approximate surface area is 136 Å². The third kappa shape index (κ3) is 11.5. The summed E-state index contributed by atoms with van der Waals surface area (Å²) in [6, 6.07) is 0. The van der Waals surface area contributed by atoms with Gasteiger partial charge in [-0.25, -0.2) is 4.98 Å². The van der Waals surface area contributed by atoms with Gasteiger partial charge in [0.25, 0.3) is 0 Å². The van der Waals surface area contributed by atoms with E-state index in [0.29, 0.717) is 0 Å². The van der Waals surface area contributed by atoms with E-state index in [1.54, 1.807) is 0 Å². The van der Waals surface area contributed by atoms with Crippen molar-refractivity contribution in [1.29, 1.82) is 0 Å². The molecule has 3 nitrogen and oxygen atoms in total. The Kier molecular flexibility index (Phi) is 12.7. The van der Waals surface area contributed by atoms with Gasteiger partial charge in [0.05, 0.1) is 6.33 Å². The highest BCUT2D eigenvalue weighted by molar-refractivity contribution is 5.48. The van der Waals surface area contributed by atoms with Crippen molar-refractivity contribution in [3.63, 3.8) is 0 Å². The smallest absolute Gasteiger partial charge is 0.119 e. The Hall–Kier alpha value is -1.12. The molecule has 0 spiro atoms. The summed E-state index contributed by atoms with van der Waals surface area (Å²) < 4.78 is 2.17. The molecule has 1 aromatic heterocycles. The molecule has 0 N–H and O–H groups in total. The largest absolute Gasteiger partial charge is 0.337 e. The summed E-state index contributed by atoms with van der Waals surface area (Å²) in [5, 5.41) is 0. The SMILES string of the molecule is O=CCCCCCCCCCCCCCCCn1ccnc1. The van der Waals surface area contributed by atoms with E-state index in [0.717, 1.165) is 25.7 Å². The molecule has 0 aliphatic carbocycles. The molecule has 0 aliphatic heterocycles. The van der Waals surface area contributed by atoms with E-state index in [-0.39, 0.29) is 0 Å². The molecule has 1 rings (SSSR count). The molecule has 0 saturated heterocycles. The Bertz CT molecular complexity index is 335. The third-order valence-corrected chi connectivity index (χ3v) is 4.30. The number of carbonyl (C=O) groups is 1. The van der Waals surface area contributed by atoms with Crippen LogP contribution in [0.2, 0.25) is 0 Å². The number of aromatic nitrogens is 2. The predicted octanol–water partition coefficient (Wildman–Crippen LogP) is 5.54. The molecule has 126 valence electrons. The summed E-state index contributed by atoms with van der Waals surface area (Å²) >= 11 is 0. The molecular formula is C19H34N2O. The van der Waals surface area contributed by atoms with Gasteiger partial charge in [-0.3, -0.25) is 0 Å². The van der Waals surface area contributed by atoms with Gasteiger partial charge < -0.3 is 9.36 Å². The zero-order valence-electron chi connectivity index (χ0n) is 14.2. The first-order valence-electron chi connectivity index (χ1n) is 9.33. The number of hydrogen-bond donors (Lipinski definition) is 0. The molecule has 1 aromatic rings. The summed E-state index contributed by atoms with van der Waals surface area (Å²) in [5.41, 5.74) is 0. The van der Waals surface area contributed by atoms with Crippen molar-refractivity contribution in [2.24, 2.45) is 0 Å². The van der Waals surface area contributed by atoms with Crippen LogP contribution in [-0.2, 0) is 11.3 Å². The van der Waals surface area contributed by atoms with Gasteiger partial charge in [-0.2, -0.15) is 0 Å². The van der Waals surface area contributed by atoms with E-state index in [4.69, 9.17) is 0 Å². The van der Waals surface area contributed by atoms with E-state index in [2.05, 4.69) is 9.55 Å². The van der Waals surface area contributed by atoms with Crippen LogP contribution < -0.4 is 0 Å². The number of aldehydes is 1. The Morgan fingerprint density at radius 1 is 0.727 bits per heavy atom. The zero-order chi connectivity index (χ0) is 15.7. The molecule has 3 heteroatoms. The number of carbonyl (C=O) groups excluding carboxylic acids is 1. The average Bonchev–Trinajstić information content (AvgIpc) is 3.04. The number of nitrogens with zero attached hydrogens (tertiary/aromatic N) is 2. The molecule has 0 fully saturated rings. The van der Waals surface area contributed by atoms with Gasteiger partial charge in [-0.1, -0.05) is 70.6 Å². The molecule has 0 unspecified atom stereocenters. The van der Waals surface area contributed by atoms with Gasteiger partial charge in [0.15, 0.2) is 0 Å². The van der Waals surface area contributed by atoms with Crippen molar-refractivity contribution < 1.29 is 4.79 Å². The topological polar surface area (TPSA) is 34.9 Å². The van der Waals surface area contributed by atoms with E-state index in [1.807, 2.05) is 18.7 Å². The van der Waals surface area contributed by atoms with Crippen LogP contribution in [0.25, 0.3) is 0 Å². The molecule has 0 atom stereocenters. The molecule has 0 amide bonds. The minimum absolute atomic E-state index is 0.752. The van der Waals surface area contributed by atoms with Gasteiger partial charge in [-0.15, -0.1) is 0 Å². The van der Waals surface area contributed by atoms with Crippen molar-refractivity contribution in [2.75, 3.05) is 0 Å². The lowest BCUT2D eigenvalue weighted by Gasteiger charge is -2.04. The van der Waals surface area contributed by atoms with Crippen LogP contribution in [0.3, 0.4) is 0 Å². The van der Waals surface area contributed by atoms with Gasteiger partial charge >= 0.3 is 0 Å². The van der Waals surface area contributed by atoms with Crippen molar-refractivity contribution >= 4 is 6.29 Å². The monoisotopic (exact) mass is 306 g/mol. The minimum Gasteiger partial charge on any atom is -0.337 e. The van der Waals surface area contributed by atoms with Gasteiger partial charge in [0.1, 0.15) is 6.29 Å². The van der Waals surface area contributed by atoms with E-state index in [9.17, 15) is 4.79 Å². The Morgan fingerprint density at radius 3 is 1.68 bits per heavy atom. The zero-order valence-corrected chi connectivity index (χ0v) is 14.2. The summed E-state index contributed by atoms with van der Waals surface area (Å²) in [7, 11) is 0. The molecule has 0 radical (unpaired) electrons. The second-order valence-corrected chi connectivity index (χ2v) is 6.35. The summed E-state index contributed by atoms with van der Waals surface area (Å²) in [6.07, 6.45) is 25.0. The summed E-state index contributed by atoms with van der Waals surface area (Å²) in [5.74, 6) is 0. The first-order valence-corrected chi connectivity index (χ1v) is 9.33. The van der Waals surface area contributed by atoms with Crippen LogP contribution in [0.5, 0.6) is 0 Å². The van der Waals surface area contributed by atoms with Crippen molar-refractivity contribution in [1.82, 2.24) is 9.55 Å². The fraction of sp³-hybridized carbons (Fsp3) is 0.789. The lowest BCUT2D eigenvalue weighted by molar-refractivity contribution is -0.107. The predicted molar refractivity (Wildman–Crippen MR) is 92.9 cm³/mol. The highest BCUT2D eigenvalue weighted by atomic mass is 16.1. The maximum atomic E-state index is 10.2. The minimum atomic E-state index is 0.752. The molecule has 0 aliphatic rings. The highest BCUT2D eigenvalue weighted by Crippen LogP contribution is 2.13. The first kappa shape index (κ1) is 18.9. The number of imidazole rings is 1. The lowest BCUT2D eigenvalue weighted by Crippen LogP contribution is -1.93. The summed E-state index contributed by atoms with van der Waals surface area (Å²) in [6.45, 7) is 1.12. The van der Waals surface area contributed by atoms with Gasteiger partial charge in [-0.05, 0) is 12.8 Å². The van der Waals surface area contributed by atoms with Crippen LogP contribution in [0.1, 0.15) is 89.9 Å². The normalized spacial score (nSPS) is 10.9. The van der Waals surface area contributed by atoms with Crippen LogP contribution in [0, 0.1) is 0 Å². The lowest BCUT2D eigenvalue weighted by atomic mass is 10.0. The van der Waals surface area contributed by atoms with Gasteiger partial charge in [0.2, 0.25) is 0 Å². The molecule has 0 saturated carbocycles. The molecule has 0 aromatic carbocycles.